The fraction of sp³-hybridized carbons (Fsp3) is 0.133. The number of hydrogen-bond donors (Lipinski definition) is 3. The summed E-state index contributed by atoms with van der Waals surface area (Å²) >= 11 is 0. The molecule has 1 amide bonds. The van der Waals surface area contributed by atoms with Crippen molar-refractivity contribution in [2.75, 3.05) is 10.7 Å². The van der Waals surface area contributed by atoms with E-state index in [1.54, 1.807) is 42.5 Å². The molecule has 4 aromatic carbocycles. The van der Waals surface area contributed by atoms with Gasteiger partial charge in [-0.05, 0) is 65.7 Å². The minimum absolute atomic E-state index is 0.0868. The Balaban J connectivity index is 1.41. The van der Waals surface area contributed by atoms with Gasteiger partial charge in [-0.15, -0.1) is 0 Å². The summed E-state index contributed by atoms with van der Waals surface area (Å²) in [5.74, 6) is -1.43. The SMILES string of the molecule is O=C(CCS(=O)[C@H]1C(=O)N(c2ccccc2)[C@@H]1c1ccc(-c2ccc(P(=O)(O)O)cc2)cc1O)c1ccc(F)cc1. The Morgan fingerprint density at radius 2 is 1.54 bits per heavy atom. The zero-order valence-corrected chi connectivity index (χ0v) is 23.2. The minimum Gasteiger partial charge on any atom is -0.508 e. The van der Waals surface area contributed by atoms with Crippen molar-refractivity contribution in [2.45, 2.75) is 17.7 Å². The molecular formula is C30H25FNO7PS. The molecule has 1 saturated heterocycles. The van der Waals surface area contributed by atoms with Crippen LogP contribution in [0.2, 0.25) is 0 Å². The lowest BCUT2D eigenvalue weighted by molar-refractivity contribution is -0.123. The van der Waals surface area contributed by atoms with E-state index in [9.17, 15) is 37.6 Å². The van der Waals surface area contributed by atoms with Crippen molar-refractivity contribution in [1.82, 2.24) is 0 Å². The van der Waals surface area contributed by atoms with Crippen LogP contribution < -0.4 is 10.2 Å². The smallest absolute Gasteiger partial charge is 0.356 e. The lowest BCUT2D eigenvalue weighted by Gasteiger charge is -2.46. The van der Waals surface area contributed by atoms with Crippen LogP contribution >= 0.6 is 7.60 Å². The van der Waals surface area contributed by atoms with E-state index in [4.69, 9.17) is 0 Å². The number of β-lactam (4-membered cyclic amide) rings is 1. The fourth-order valence-corrected chi connectivity index (χ4v) is 6.89. The summed E-state index contributed by atoms with van der Waals surface area (Å²) in [6.07, 6.45) is -0.102. The molecule has 1 aliphatic heterocycles. The number of ketones is 1. The topological polar surface area (TPSA) is 132 Å². The number of benzene rings is 4. The van der Waals surface area contributed by atoms with E-state index < -0.39 is 41.4 Å². The van der Waals surface area contributed by atoms with Gasteiger partial charge in [-0.1, -0.05) is 42.5 Å². The van der Waals surface area contributed by atoms with Gasteiger partial charge in [0.05, 0.1) is 11.3 Å². The molecule has 5 rings (SSSR count). The number of carbonyl (C=O) groups is 2. The lowest BCUT2D eigenvalue weighted by Crippen LogP contribution is -2.61. The first kappa shape index (κ1) is 28.6. The highest BCUT2D eigenvalue weighted by molar-refractivity contribution is 7.86. The summed E-state index contributed by atoms with van der Waals surface area (Å²) in [7, 11) is -6.16. The standard InChI is InChI=1S/C30H25FNO7PS/c31-22-11-6-20(7-12-22)26(33)16-17-41(39)29-28(32(30(29)35)23-4-2-1-3-5-23)25-15-10-21(18-27(25)34)19-8-13-24(14-9-19)40(36,37)38/h1-15,18,28-29,34H,16-17H2,(H2,36,37,38)/t28-,29-,41?/m1/s1. The van der Waals surface area contributed by atoms with E-state index in [2.05, 4.69) is 0 Å². The maximum Gasteiger partial charge on any atom is 0.356 e. The number of anilines is 1. The number of amides is 1. The van der Waals surface area contributed by atoms with Crippen LogP contribution in [0.1, 0.15) is 28.4 Å². The molecule has 1 heterocycles. The van der Waals surface area contributed by atoms with E-state index in [1.165, 1.54) is 59.5 Å². The highest BCUT2D eigenvalue weighted by Gasteiger charge is 2.53. The average molecular weight is 594 g/mol. The molecule has 4 aromatic rings. The van der Waals surface area contributed by atoms with Crippen LogP contribution in [0.25, 0.3) is 11.1 Å². The molecule has 1 unspecified atom stereocenters. The second kappa shape index (κ2) is 11.5. The number of hydrogen-bond acceptors (Lipinski definition) is 5. The van der Waals surface area contributed by atoms with Crippen LogP contribution in [-0.2, 0) is 20.2 Å². The largest absolute Gasteiger partial charge is 0.508 e. The Hall–Kier alpha value is -3.95. The molecule has 0 radical (unpaired) electrons. The van der Waals surface area contributed by atoms with Gasteiger partial charge < -0.3 is 19.8 Å². The number of para-hydroxylation sites is 1. The summed E-state index contributed by atoms with van der Waals surface area (Å²) in [4.78, 5) is 46.1. The molecule has 0 spiro atoms. The van der Waals surface area contributed by atoms with Gasteiger partial charge in [-0.2, -0.15) is 0 Å². The first-order valence-electron chi connectivity index (χ1n) is 12.6. The monoisotopic (exact) mass is 593 g/mol. The zero-order valence-electron chi connectivity index (χ0n) is 21.5. The Morgan fingerprint density at radius 3 is 2.15 bits per heavy atom. The number of Topliss-reactive ketones (excluding diaryl/α,β-unsaturated/α-hetero) is 1. The number of halogens is 1. The lowest BCUT2D eigenvalue weighted by atomic mass is 9.90. The molecule has 1 aliphatic rings. The molecular weight excluding hydrogens is 568 g/mol. The molecule has 210 valence electrons. The van der Waals surface area contributed by atoms with Crippen molar-refractivity contribution in [3.05, 3.63) is 114 Å². The van der Waals surface area contributed by atoms with Crippen LogP contribution in [-0.4, -0.2) is 41.8 Å². The second-order valence-corrected chi connectivity index (χ2v) is 12.8. The minimum atomic E-state index is -4.40. The van der Waals surface area contributed by atoms with E-state index in [-0.39, 0.29) is 34.6 Å². The third-order valence-electron chi connectivity index (χ3n) is 6.95. The van der Waals surface area contributed by atoms with Crippen LogP contribution in [0.15, 0.2) is 97.1 Å². The van der Waals surface area contributed by atoms with Crippen molar-refractivity contribution < 1.29 is 37.6 Å². The van der Waals surface area contributed by atoms with Crippen LogP contribution in [0.4, 0.5) is 10.1 Å². The second-order valence-electron chi connectivity index (χ2n) is 9.54. The molecule has 0 aromatic heterocycles. The molecule has 8 nitrogen and oxygen atoms in total. The van der Waals surface area contributed by atoms with Gasteiger partial charge in [-0.25, -0.2) is 4.39 Å². The van der Waals surface area contributed by atoms with E-state index in [0.29, 0.717) is 22.4 Å². The zero-order chi connectivity index (χ0) is 29.3. The van der Waals surface area contributed by atoms with Crippen LogP contribution in [0, 0.1) is 5.82 Å². The summed E-state index contributed by atoms with van der Waals surface area (Å²) in [6.45, 7) is 0. The van der Waals surface area contributed by atoms with Gasteiger partial charge in [0.15, 0.2) is 5.78 Å². The molecule has 0 saturated carbocycles. The Morgan fingerprint density at radius 1 is 0.902 bits per heavy atom. The summed E-state index contributed by atoms with van der Waals surface area (Å²) in [5, 5.41) is 9.93. The van der Waals surface area contributed by atoms with Crippen molar-refractivity contribution >= 4 is 41.1 Å². The average Bonchev–Trinajstić information content (AvgIpc) is 2.95. The van der Waals surface area contributed by atoms with Crippen molar-refractivity contribution in [1.29, 1.82) is 0 Å². The quantitative estimate of drug-likeness (QED) is 0.148. The molecule has 0 aliphatic carbocycles. The van der Waals surface area contributed by atoms with Gasteiger partial charge in [0, 0.05) is 39.8 Å². The van der Waals surface area contributed by atoms with E-state index >= 15 is 0 Å². The fourth-order valence-electron chi connectivity index (χ4n) is 4.82. The van der Waals surface area contributed by atoms with Gasteiger partial charge in [0.1, 0.15) is 16.8 Å². The third-order valence-corrected chi connectivity index (χ3v) is 9.55. The number of carbonyl (C=O) groups excluding carboxylic acids is 2. The maximum absolute atomic E-state index is 13.4. The number of nitrogens with zero attached hydrogens (tertiary/aromatic N) is 1. The maximum atomic E-state index is 13.4. The number of phenols is 1. The normalized spacial score (nSPS) is 17.6. The summed E-state index contributed by atoms with van der Waals surface area (Å²) < 4.78 is 38.1. The van der Waals surface area contributed by atoms with Crippen molar-refractivity contribution in [3.63, 3.8) is 0 Å². The van der Waals surface area contributed by atoms with Crippen LogP contribution in [0.3, 0.4) is 0 Å². The molecule has 1 fully saturated rings. The molecule has 3 N–H and O–H groups in total. The molecule has 41 heavy (non-hydrogen) atoms. The predicted molar refractivity (Wildman–Crippen MR) is 154 cm³/mol. The van der Waals surface area contributed by atoms with Crippen molar-refractivity contribution in [2.24, 2.45) is 0 Å². The number of rotatable bonds is 9. The Kier molecular flexibility index (Phi) is 8.02. The van der Waals surface area contributed by atoms with Gasteiger partial charge in [0.25, 0.3) is 0 Å². The summed E-state index contributed by atoms with van der Waals surface area (Å²) in [5.41, 5.74) is 2.39. The van der Waals surface area contributed by atoms with Gasteiger partial charge in [-0.3, -0.25) is 18.4 Å². The van der Waals surface area contributed by atoms with Gasteiger partial charge >= 0.3 is 7.60 Å². The molecule has 0 bridgehead atoms. The Bertz CT molecular complexity index is 1670. The highest BCUT2D eigenvalue weighted by Crippen LogP contribution is 2.45. The summed E-state index contributed by atoms with van der Waals surface area (Å²) in [6, 6.07) is 23.6. The molecule has 11 heteroatoms. The first-order valence-corrected chi connectivity index (χ1v) is 15.6. The highest BCUT2D eigenvalue weighted by atomic mass is 32.2. The number of aromatic hydroxyl groups is 1. The van der Waals surface area contributed by atoms with Gasteiger partial charge in [0.2, 0.25) is 5.91 Å². The van der Waals surface area contributed by atoms with Crippen LogP contribution in [0.5, 0.6) is 5.75 Å². The molecule has 3 atom stereocenters. The Labute approximate surface area is 237 Å². The van der Waals surface area contributed by atoms with E-state index in [0.717, 1.165) is 0 Å². The predicted octanol–water partition coefficient (Wildman–Crippen LogP) is 4.48. The van der Waals surface area contributed by atoms with Crippen molar-refractivity contribution in [3.8, 4) is 16.9 Å². The first-order chi connectivity index (χ1) is 19.5. The number of phenolic OH excluding ortho intramolecular Hbond substituents is 1. The van der Waals surface area contributed by atoms with E-state index in [1.807, 2.05) is 0 Å². The third kappa shape index (κ3) is 5.92.